The predicted octanol–water partition coefficient (Wildman–Crippen LogP) is 3.92. The monoisotopic (exact) mass is 369 g/mol. The van der Waals surface area contributed by atoms with Crippen molar-refractivity contribution in [1.29, 1.82) is 0 Å². The van der Waals surface area contributed by atoms with Crippen LogP contribution in [0.2, 0.25) is 0 Å². The molecule has 0 amide bonds. The van der Waals surface area contributed by atoms with Crippen LogP contribution in [0.1, 0.15) is 36.2 Å². The van der Waals surface area contributed by atoms with Crippen molar-refractivity contribution >= 4 is 5.97 Å². The van der Waals surface area contributed by atoms with Crippen LogP contribution in [0.4, 0.5) is 0 Å². The number of benzene rings is 2. The maximum atomic E-state index is 12.6. The second-order valence-corrected chi connectivity index (χ2v) is 6.56. The number of ether oxygens (including phenoxy) is 3. The van der Waals surface area contributed by atoms with E-state index in [2.05, 4.69) is 17.0 Å². The Morgan fingerprint density at radius 3 is 2.52 bits per heavy atom. The van der Waals surface area contributed by atoms with Gasteiger partial charge in [0.05, 0.1) is 18.8 Å². The van der Waals surface area contributed by atoms with Crippen LogP contribution in [0, 0.1) is 0 Å². The van der Waals surface area contributed by atoms with Gasteiger partial charge >= 0.3 is 5.97 Å². The second-order valence-electron chi connectivity index (χ2n) is 6.56. The number of carbonyl (C=O) groups is 1. The Labute approximate surface area is 160 Å². The maximum Gasteiger partial charge on any atom is 0.338 e. The van der Waals surface area contributed by atoms with Gasteiger partial charge in [0.15, 0.2) is 11.5 Å². The lowest BCUT2D eigenvalue weighted by atomic mass is 10.2. The van der Waals surface area contributed by atoms with Gasteiger partial charge in [-0.05, 0) is 44.0 Å². The molecule has 0 N–H and O–H groups in total. The SMILES string of the molecule is CCOc1ccc(C(=O)O[C@@H]2CCN(Cc3ccccc3)C2)cc1OCC. The van der Waals surface area contributed by atoms with Crippen LogP contribution < -0.4 is 9.47 Å². The normalized spacial score (nSPS) is 16.9. The maximum absolute atomic E-state index is 12.6. The molecule has 2 aromatic rings. The molecule has 27 heavy (non-hydrogen) atoms. The van der Waals surface area contributed by atoms with E-state index in [1.54, 1.807) is 18.2 Å². The first-order valence-corrected chi connectivity index (χ1v) is 9.56. The van der Waals surface area contributed by atoms with Crippen LogP contribution in [-0.4, -0.2) is 43.3 Å². The third kappa shape index (κ3) is 5.23. The van der Waals surface area contributed by atoms with Crippen LogP contribution in [-0.2, 0) is 11.3 Å². The second kappa shape index (κ2) is 9.42. The quantitative estimate of drug-likeness (QED) is 0.660. The Hall–Kier alpha value is -2.53. The average molecular weight is 369 g/mol. The highest BCUT2D eigenvalue weighted by Crippen LogP contribution is 2.29. The highest BCUT2D eigenvalue weighted by molar-refractivity contribution is 5.90. The number of hydrogen-bond acceptors (Lipinski definition) is 5. The molecule has 1 atom stereocenters. The summed E-state index contributed by atoms with van der Waals surface area (Å²) in [6.45, 7) is 7.45. The summed E-state index contributed by atoms with van der Waals surface area (Å²) in [5.74, 6) is 0.905. The molecule has 0 aliphatic carbocycles. The van der Waals surface area contributed by atoms with E-state index in [-0.39, 0.29) is 12.1 Å². The highest BCUT2D eigenvalue weighted by Gasteiger charge is 2.26. The van der Waals surface area contributed by atoms with Crippen molar-refractivity contribution in [2.45, 2.75) is 32.9 Å². The molecular formula is C22H27NO4. The van der Waals surface area contributed by atoms with Crippen molar-refractivity contribution in [2.24, 2.45) is 0 Å². The van der Waals surface area contributed by atoms with E-state index >= 15 is 0 Å². The Balaban J connectivity index is 1.58. The fourth-order valence-electron chi connectivity index (χ4n) is 3.28. The van der Waals surface area contributed by atoms with Gasteiger partial charge in [-0.2, -0.15) is 0 Å². The van der Waals surface area contributed by atoms with Crippen molar-refractivity contribution in [2.75, 3.05) is 26.3 Å². The Bertz CT molecular complexity index is 747. The lowest BCUT2D eigenvalue weighted by Gasteiger charge is -2.17. The van der Waals surface area contributed by atoms with E-state index in [1.165, 1.54) is 5.56 Å². The summed E-state index contributed by atoms with van der Waals surface area (Å²) < 4.78 is 16.9. The van der Waals surface area contributed by atoms with Crippen molar-refractivity contribution in [3.8, 4) is 11.5 Å². The van der Waals surface area contributed by atoms with Crippen LogP contribution in [0.15, 0.2) is 48.5 Å². The van der Waals surface area contributed by atoms with Crippen LogP contribution >= 0.6 is 0 Å². The minimum Gasteiger partial charge on any atom is -0.490 e. The molecule has 0 saturated carbocycles. The van der Waals surface area contributed by atoms with E-state index in [0.29, 0.717) is 30.3 Å². The molecule has 0 unspecified atom stereocenters. The Morgan fingerprint density at radius 2 is 1.78 bits per heavy atom. The number of carbonyl (C=O) groups excluding carboxylic acids is 1. The summed E-state index contributed by atoms with van der Waals surface area (Å²) in [4.78, 5) is 14.9. The van der Waals surface area contributed by atoms with Crippen LogP contribution in [0.25, 0.3) is 0 Å². The third-order valence-corrected chi connectivity index (χ3v) is 4.53. The molecule has 1 heterocycles. The number of rotatable bonds is 8. The molecule has 3 rings (SSSR count). The molecule has 0 spiro atoms. The van der Waals surface area contributed by atoms with E-state index in [4.69, 9.17) is 14.2 Å². The summed E-state index contributed by atoms with van der Waals surface area (Å²) in [7, 11) is 0. The van der Waals surface area contributed by atoms with Gasteiger partial charge in [0.25, 0.3) is 0 Å². The molecule has 144 valence electrons. The lowest BCUT2D eigenvalue weighted by molar-refractivity contribution is 0.0320. The van der Waals surface area contributed by atoms with Crippen molar-refractivity contribution in [3.63, 3.8) is 0 Å². The average Bonchev–Trinajstić information content (AvgIpc) is 3.11. The first kappa shape index (κ1) is 19.2. The molecule has 5 nitrogen and oxygen atoms in total. The Morgan fingerprint density at radius 1 is 1.04 bits per heavy atom. The van der Waals surface area contributed by atoms with Crippen LogP contribution in [0.5, 0.6) is 11.5 Å². The van der Waals surface area contributed by atoms with Gasteiger partial charge in [-0.25, -0.2) is 4.79 Å². The van der Waals surface area contributed by atoms with Gasteiger partial charge in [0, 0.05) is 19.6 Å². The standard InChI is InChI=1S/C22H27NO4/c1-3-25-20-11-10-18(14-21(20)26-4-2)22(24)27-19-12-13-23(16-19)15-17-8-6-5-7-9-17/h5-11,14,19H,3-4,12-13,15-16H2,1-2H3/t19-/m1/s1. The predicted molar refractivity (Wildman–Crippen MR) is 104 cm³/mol. The number of esters is 1. The number of likely N-dealkylation sites (tertiary alicyclic amines) is 1. The van der Waals surface area contributed by atoms with Crippen molar-refractivity contribution in [1.82, 2.24) is 4.90 Å². The first-order valence-electron chi connectivity index (χ1n) is 9.56. The largest absolute Gasteiger partial charge is 0.490 e. The summed E-state index contributed by atoms with van der Waals surface area (Å²) in [5, 5.41) is 0. The molecule has 1 aliphatic rings. The zero-order valence-corrected chi connectivity index (χ0v) is 16.0. The summed E-state index contributed by atoms with van der Waals surface area (Å²) in [5.41, 5.74) is 1.76. The molecule has 5 heteroatoms. The van der Waals surface area contributed by atoms with E-state index < -0.39 is 0 Å². The summed E-state index contributed by atoms with van der Waals surface area (Å²) in [6.07, 6.45) is 0.775. The smallest absolute Gasteiger partial charge is 0.338 e. The lowest BCUT2D eigenvalue weighted by Crippen LogP contribution is -2.24. The van der Waals surface area contributed by atoms with E-state index in [0.717, 1.165) is 26.1 Å². The molecule has 0 aromatic heterocycles. The van der Waals surface area contributed by atoms with E-state index in [1.807, 2.05) is 32.0 Å². The third-order valence-electron chi connectivity index (χ3n) is 4.53. The van der Waals surface area contributed by atoms with Crippen LogP contribution in [0.3, 0.4) is 0 Å². The molecule has 2 aromatic carbocycles. The van der Waals surface area contributed by atoms with Gasteiger partial charge in [-0.1, -0.05) is 30.3 Å². The zero-order chi connectivity index (χ0) is 19.1. The van der Waals surface area contributed by atoms with Gasteiger partial charge in [0.1, 0.15) is 6.10 Å². The molecular weight excluding hydrogens is 342 g/mol. The fourth-order valence-corrected chi connectivity index (χ4v) is 3.28. The molecule has 0 bridgehead atoms. The van der Waals surface area contributed by atoms with Gasteiger partial charge in [-0.15, -0.1) is 0 Å². The Kier molecular flexibility index (Phi) is 6.71. The van der Waals surface area contributed by atoms with Gasteiger partial charge < -0.3 is 14.2 Å². The minimum absolute atomic E-state index is 0.0803. The molecule has 1 fully saturated rings. The molecule has 1 saturated heterocycles. The van der Waals surface area contributed by atoms with Gasteiger partial charge in [0.2, 0.25) is 0 Å². The number of hydrogen-bond donors (Lipinski definition) is 0. The fraction of sp³-hybridized carbons (Fsp3) is 0.409. The summed E-state index contributed by atoms with van der Waals surface area (Å²) >= 11 is 0. The highest BCUT2D eigenvalue weighted by atomic mass is 16.5. The molecule has 1 aliphatic heterocycles. The topological polar surface area (TPSA) is 48.0 Å². The van der Waals surface area contributed by atoms with Crippen molar-refractivity contribution in [3.05, 3.63) is 59.7 Å². The molecule has 0 radical (unpaired) electrons. The number of nitrogens with zero attached hydrogens (tertiary/aromatic N) is 1. The van der Waals surface area contributed by atoms with Gasteiger partial charge in [-0.3, -0.25) is 4.90 Å². The first-order chi connectivity index (χ1) is 13.2. The van der Waals surface area contributed by atoms with Crippen molar-refractivity contribution < 1.29 is 19.0 Å². The van der Waals surface area contributed by atoms with E-state index in [9.17, 15) is 4.79 Å². The summed E-state index contributed by atoms with van der Waals surface area (Å²) in [6, 6.07) is 15.5. The minimum atomic E-state index is -0.314. The zero-order valence-electron chi connectivity index (χ0n) is 16.0.